The van der Waals surface area contributed by atoms with Crippen molar-refractivity contribution in [2.45, 2.75) is 51.9 Å². The first-order valence-electron chi connectivity index (χ1n) is 5.97. The fraction of sp³-hybridized carbons (Fsp3) is 1.00. The van der Waals surface area contributed by atoms with Gasteiger partial charge < -0.3 is 0 Å². The number of rotatable bonds is 7. The van der Waals surface area contributed by atoms with Crippen molar-refractivity contribution in [3.05, 3.63) is 0 Å². The van der Waals surface area contributed by atoms with Crippen molar-refractivity contribution in [1.82, 2.24) is 5.23 Å². The van der Waals surface area contributed by atoms with E-state index in [0.29, 0.717) is 0 Å². The quantitative estimate of drug-likeness (QED) is 0.591. The van der Waals surface area contributed by atoms with Gasteiger partial charge in [0.05, 0.1) is 19.8 Å². The van der Waals surface area contributed by atoms with Crippen molar-refractivity contribution in [1.29, 1.82) is 0 Å². The van der Waals surface area contributed by atoms with Crippen molar-refractivity contribution >= 4 is 0 Å². The fourth-order valence-electron chi connectivity index (χ4n) is 1.55. The van der Waals surface area contributed by atoms with Crippen molar-refractivity contribution in [2.24, 2.45) is 0 Å². The van der Waals surface area contributed by atoms with Crippen LogP contribution in [0.25, 0.3) is 0 Å². The third-order valence-corrected chi connectivity index (χ3v) is 2.45. The van der Waals surface area contributed by atoms with Crippen molar-refractivity contribution in [3.63, 3.8) is 0 Å². The fourth-order valence-corrected chi connectivity index (χ4v) is 1.55. The minimum absolute atomic E-state index is 0.809. The van der Waals surface area contributed by atoms with E-state index in [1.54, 1.807) is 5.23 Å². The van der Waals surface area contributed by atoms with E-state index in [4.69, 9.17) is 9.68 Å². The van der Waals surface area contributed by atoms with E-state index in [0.717, 1.165) is 32.6 Å². The molecule has 3 nitrogen and oxygen atoms in total. The molecule has 0 atom stereocenters. The SMILES string of the molecule is CCCCCCCON1CCCCO1. The summed E-state index contributed by atoms with van der Waals surface area (Å²) in [6.45, 7) is 4.78. The molecule has 1 aliphatic rings. The molecule has 0 aromatic rings. The van der Waals surface area contributed by atoms with Crippen LogP contribution in [0.3, 0.4) is 0 Å². The maximum absolute atomic E-state index is 5.47. The maximum atomic E-state index is 5.47. The second kappa shape index (κ2) is 8.21. The molecular formula is C11H23NO2. The van der Waals surface area contributed by atoms with Gasteiger partial charge in [0.15, 0.2) is 0 Å². The number of unbranched alkanes of at least 4 members (excludes halogenated alkanes) is 4. The second-order valence-corrected chi connectivity index (χ2v) is 3.84. The first-order valence-corrected chi connectivity index (χ1v) is 5.97. The Morgan fingerprint density at radius 1 is 1.14 bits per heavy atom. The van der Waals surface area contributed by atoms with Gasteiger partial charge >= 0.3 is 0 Å². The Labute approximate surface area is 87.3 Å². The predicted molar refractivity (Wildman–Crippen MR) is 56.6 cm³/mol. The van der Waals surface area contributed by atoms with Crippen molar-refractivity contribution in [2.75, 3.05) is 19.8 Å². The summed E-state index contributed by atoms with van der Waals surface area (Å²) in [6, 6.07) is 0. The van der Waals surface area contributed by atoms with Crippen molar-refractivity contribution in [3.8, 4) is 0 Å². The Morgan fingerprint density at radius 3 is 2.71 bits per heavy atom. The molecule has 1 saturated heterocycles. The molecule has 0 unspecified atom stereocenters. The molecule has 0 spiro atoms. The number of hydrogen-bond acceptors (Lipinski definition) is 3. The lowest BCUT2D eigenvalue weighted by atomic mass is 10.2. The van der Waals surface area contributed by atoms with Crippen molar-refractivity contribution < 1.29 is 9.68 Å². The van der Waals surface area contributed by atoms with Crippen LogP contribution in [-0.2, 0) is 9.68 Å². The molecule has 14 heavy (non-hydrogen) atoms. The molecule has 0 aliphatic carbocycles. The first-order chi connectivity index (χ1) is 6.93. The van der Waals surface area contributed by atoms with E-state index >= 15 is 0 Å². The molecule has 1 heterocycles. The third-order valence-electron chi connectivity index (χ3n) is 2.45. The normalized spacial score (nSPS) is 18.6. The minimum atomic E-state index is 0.809. The van der Waals surface area contributed by atoms with Crippen LogP contribution in [0.2, 0.25) is 0 Å². The summed E-state index contributed by atoms with van der Waals surface area (Å²) in [4.78, 5) is 10.8. The average molecular weight is 201 g/mol. The van der Waals surface area contributed by atoms with Crippen LogP contribution in [-0.4, -0.2) is 25.0 Å². The van der Waals surface area contributed by atoms with Crippen LogP contribution < -0.4 is 0 Å². The maximum Gasteiger partial charge on any atom is 0.0712 e. The highest BCUT2D eigenvalue weighted by molar-refractivity contribution is 4.45. The summed E-state index contributed by atoms with van der Waals surface area (Å²) in [5.74, 6) is 0. The van der Waals surface area contributed by atoms with E-state index in [1.807, 2.05) is 0 Å². The van der Waals surface area contributed by atoms with Gasteiger partial charge in [-0.05, 0) is 19.3 Å². The standard InChI is InChI=1S/C11H23NO2/c1-2-3-4-5-7-10-13-12-9-6-8-11-14-12/h2-11H2,1H3. The molecule has 0 aromatic carbocycles. The topological polar surface area (TPSA) is 21.7 Å². The largest absolute Gasteiger partial charge is 0.274 e. The van der Waals surface area contributed by atoms with Crippen LogP contribution in [0.4, 0.5) is 0 Å². The molecule has 0 N–H and O–H groups in total. The van der Waals surface area contributed by atoms with E-state index in [9.17, 15) is 0 Å². The molecule has 1 aliphatic heterocycles. The molecule has 0 aromatic heterocycles. The summed E-state index contributed by atoms with van der Waals surface area (Å²) in [5.41, 5.74) is 0. The predicted octanol–water partition coefficient (Wildman–Crippen LogP) is 2.92. The summed E-state index contributed by atoms with van der Waals surface area (Å²) in [5, 5.41) is 1.66. The van der Waals surface area contributed by atoms with Gasteiger partial charge in [0.2, 0.25) is 0 Å². The number of nitrogens with zero attached hydrogens (tertiary/aromatic N) is 1. The smallest absolute Gasteiger partial charge is 0.0712 e. The summed E-state index contributed by atoms with van der Waals surface area (Å²) < 4.78 is 0. The van der Waals surface area contributed by atoms with Gasteiger partial charge in [-0.3, -0.25) is 9.68 Å². The zero-order valence-electron chi connectivity index (χ0n) is 9.33. The Hall–Kier alpha value is -0.120. The zero-order valence-corrected chi connectivity index (χ0v) is 9.33. The Bertz CT molecular complexity index is 124. The lowest BCUT2D eigenvalue weighted by Gasteiger charge is -2.24. The van der Waals surface area contributed by atoms with Crippen LogP contribution in [0.15, 0.2) is 0 Å². The summed E-state index contributed by atoms with van der Waals surface area (Å²) >= 11 is 0. The minimum Gasteiger partial charge on any atom is -0.274 e. The molecule has 84 valence electrons. The van der Waals surface area contributed by atoms with Crippen LogP contribution in [0.5, 0.6) is 0 Å². The van der Waals surface area contributed by atoms with Crippen LogP contribution in [0, 0.1) is 0 Å². The van der Waals surface area contributed by atoms with Gasteiger partial charge in [-0.2, -0.15) is 0 Å². The molecule has 1 rings (SSSR count). The summed E-state index contributed by atoms with van der Waals surface area (Å²) in [7, 11) is 0. The Kier molecular flexibility index (Phi) is 7.01. The lowest BCUT2D eigenvalue weighted by molar-refractivity contribution is -0.379. The third kappa shape index (κ3) is 5.58. The Morgan fingerprint density at radius 2 is 2.00 bits per heavy atom. The first kappa shape index (κ1) is 12.0. The van der Waals surface area contributed by atoms with Gasteiger partial charge in [0.25, 0.3) is 0 Å². The monoisotopic (exact) mass is 201 g/mol. The van der Waals surface area contributed by atoms with E-state index in [-0.39, 0.29) is 0 Å². The highest BCUT2D eigenvalue weighted by Crippen LogP contribution is 2.08. The highest BCUT2D eigenvalue weighted by atomic mass is 16.9. The highest BCUT2D eigenvalue weighted by Gasteiger charge is 2.10. The van der Waals surface area contributed by atoms with Crippen LogP contribution >= 0.6 is 0 Å². The van der Waals surface area contributed by atoms with Gasteiger partial charge in [-0.15, -0.1) is 0 Å². The lowest BCUT2D eigenvalue weighted by Crippen LogP contribution is -2.30. The molecule has 0 saturated carbocycles. The van der Waals surface area contributed by atoms with E-state index < -0.39 is 0 Å². The number of hydroxylamine groups is 2. The average Bonchev–Trinajstić information content (AvgIpc) is 2.25. The van der Waals surface area contributed by atoms with Gasteiger partial charge in [0.1, 0.15) is 0 Å². The molecule has 0 amide bonds. The molecular weight excluding hydrogens is 178 g/mol. The van der Waals surface area contributed by atoms with E-state index in [1.165, 1.54) is 32.1 Å². The summed E-state index contributed by atoms with van der Waals surface area (Å²) in [6.07, 6.45) is 8.77. The molecule has 0 bridgehead atoms. The number of hydrogen-bond donors (Lipinski definition) is 0. The molecule has 1 fully saturated rings. The molecule has 3 heteroatoms. The zero-order chi connectivity index (χ0) is 10.1. The van der Waals surface area contributed by atoms with Crippen LogP contribution in [0.1, 0.15) is 51.9 Å². The van der Waals surface area contributed by atoms with Gasteiger partial charge in [-0.1, -0.05) is 37.8 Å². The Balaban J connectivity index is 1.82. The second-order valence-electron chi connectivity index (χ2n) is 3.84. The van der Waals surface area contributed by atoms with Gasteiger partial charge in [0, 0.05) is 0 Å². The van der Waals surface area contributed by atoms with Gasteiger partial charge in [-0.25, -0.2) is 0 Å². The van der Waals surface area contributed by atoms with E-state index in [2.05, 4.69) is 6.92 Å². The molecule has 0 radical (unpaired) electrons.